The number of anilines is 1. The molecule has 1 amide bonds. The van der Waals surface area contributed by atoms with Gasteiger partial charge in [-0.25, -0.2) is 0 Å². The summed E-state index contributed by atoms with van der Waals surface area (Å²) in [5.41, 5.74) is 1.99. The van der Waals surface area contributed by atoms with Crippen LogP contribution in [0.25, 0.3) is 0 Å². The Hall–Kier alpha value is -3.21. The third kappa shape index (κ3) is 3.35. The third-order valence-corrected chi connectivity index (χ3v) is 3.30. The molecule has 3 rings (SSSR count). The standard InChI is InChI=1S/C18H14N2O3/c1-12-11-16(20-23-12)18(22)19-15-9-7-14(8-10-15)17(21)13-5-3-2-4-6-13/h2-11H,1H3,(H,19,22). The highest BCUT2D eigenvalue weighted by Gasteiger charge is 2.12. The van der Waals surface area contributed by atoms with Gasteiger partial charge in [0.25, 0.3) is 5.91 Å². The third-order valence-electron chi connectivity index (χ3n) is 3.30. The molecule has 0 fully saturated rings. The molecule has 0 saturated heterocycles. The Morgan fingerprint density at radius 1 is 0.957 bits per heavy atom. The van der Waals surface area contributed by atoms with Gasteiger partial charge < -0.3 is 9.84 Å². The van der Waals surface area contributed by atoms with E-state index >= 15 is 0 Å². The maximum Gasteiger partial charge on any atom is 0.277 e. The second-order valence-electron chi connectivity index (χ2n) is 5.05. The molecule has 0 unspecified atom stereocenters. The highest BCUT2D eigenvalue weighted by molar-refractivity contribution is 6.09. The van der Waals surface area contributed by atoms with Gasteiger partial charge in [0.05, 0.1) is 0 Å². The summed E-state index contributed by atoms with van der Waals surface area (Å²) in [6.07, 6.45) is 0. The van der Waals surface area contributed by atoms with Crippen LogP contribution in [0, 0.1) is 6.92 Å². The van der Waals surface area contributed by atoms with Gasteiger partial charge in [-0.15, -0.1) is 0 Å². The second kappa shape index (κ2) is 6.27. The van der Waals surface area contributed by atoms with Crippen molar-refractivity contribution in [1.82, 2.24) is 5.16 Å². The molecular weight excluding hydrogens is 292 g/mol. The van der Waals surface area contributed by atoms with Gasteiger partial charge in [-0.1, -0.05) is 35.5 Å². The molecule has 5 nitrogen and oxygen atoms in total. The number of ketones is 1. The number of hydrogen-bond donors (Lipinski definition) is 1. The molecule has 23 heavy (non-hydrogen) atoms. The van der Waals surface area contributed by atoms with Crippen LogP contribution in [0.4, 0.5) is 5.69 Å². The molecule has 1 heterocycles. The van der Waals surface area contributed by atoms with Crippen LogP contribution in [-0.2, 0) is 0 Å². The molecule has 114 valence electrons. The van der Waals surface area contributed by atoms with E-state index < -0.39 is 0 Å². The van der Waals surface area contributed by atoms with Crippen molar-refractivity contribution in [3.63, 3.8) is 0 Å². The van der Waals surface area contributed by atoms with Gasteiger partial charge in [-0.3, -0.25) is 9.59 Å². The predicted molar refractivity (Wildman–Crippen MR) is 85.5 cm³/mol. The minimum atomic E-state index is -0.357. The zero-order chi connectivity index (χ0) is 16.2. The number of aryl methyl sites for hydroxylation is 1. The normalized spacial score (nSPS) is 10.3. The average Bonchev–Trinajstić information content (AvgIpc) is 3.02. The highest BCUT2D eigenvalue weighted by atomic mass is 16.5. The van der Waals surface area contributed by atoms with Crippen LogP contribution in [0.3, 0.4) is 0 Å². The summed E-state index contributed by atoms with van der Waals surface area (Å²) < 4.78 is 4.87. The fourth-order valence-corrected chi connectivity index (χ4v) is 2.13. The van der Waals surface area contributed by atoms with Gasteiger partial charge in [0, 0.05) is 22.9 Å². The van der Waals surface area contributed by atoms with E-state index in [1.54, 1.807) is 49.4 Å². The molecule has 3 aromatic rings. The minimum Gasteiger partial charge on any atom is -0.361 e. The van der Waals surface area contributed by atoms with Crippen molar-refractivity contribution in [2.24, 2.45) is 0 Å². The van der Waals surface area contributed by atoms with Crippen LogP contribution in [0.5, 0.6) is 0 Å². The first-order valence-electron chi connectivity index (χ1n) is 7.08. The van der Waals surface area contributed by atoms with Crippen molar-refractivity contribution < 1.29 is 14.1 Å². The monoisotopic (exact) mass is 306 g/mol. The molecule has 0 aliphatic heterocycles. The van der Waals surface area contributed by atoms with Gasteiger partial charge in [-0.05, 0) is 31.2 Å². The zero-order valence-electron chi connectivity index (χ0n) is 12.4. The molecule has 0 saturated carbocycles. The Morgan fingerprint density at radius 3 is 2.22 bits per heavy atom. The summed E-state index contributed by atoms with van der Waals surface area (Å²) in [7, 11) is 0. The fourth-order valence-electron chi connectivity index (χ4n) is 2.13. The fraction of sp³-hybridized carbons (Fsp3) is 0.0556. The molecule has 0 bridgehead atoms. The van der Waals surface area contributed by atoms with Gasteiger partial charge >= 0.3 is 0 Å². The Kier molecular flexibility index (Phi) is 4.01. The van der Waals surface area contributed by atoms with E-state index in [0.717, 1.165) is 0 Å². The van der Waals surface area contributed by atoms with Crippen molar-refractivity contribution in [1.29, 1.82) is 0 Å². The topological polar surface area (TPSA) is 72.2 Å². The van der Waals surface area contributed by atoms with Crippen molar-refractivity contribution in [2.75, 3.05) is 5.32 Å². The van der Waals surface area contributed by atoms with E-state index in [1.807, 2.05) is 18.2 Å². The van der Waals surface area contributed by atoms with Crippen LogP contribution in [0.15, 0.2) is 65.2 Å². The van der Waals surface area contributed by atoms with Gasteiger partial charge in [0.2, 0.25) is 0 Å². The number of amides is 1. The first-order chi connectivity index (χ1) is 11.1. The lowest BCUT2D eigenvalue weighted by molar-refractivity contribution is 0.101. The first-order valence-corrected chi connectivity index (χ1v) is 7.08. The number of rotatable bonds is 4. The van der Waals surface area contributed by atoms with E-state index in [1.165, 1.54) is 0 Å². The van der Waals surface area contributed by atoms with E-state index in [-0.39, 0.29) is 17.4 Å². The lowest BCUT2D eigenvalue weighted by atomic mass is 10.0. The Labute approximate surface area is 132 Å². The molecule has 0 aliphatic rings. The average molecular weight is 306 g/mol. The molecule has 0 spiro atoms. The van der Waals surface area contributed by atoms with Crippen LogP contribution in [0.2, 0.25) is 0 Å². The summed E-state index contributed by atoms with van der Waals surface area (Å²) >= 11 is 0. The van der Waals surface area contributed by atoms with Crippen molar-refractivity contribution in [3.05, 3.63) is 83.2 Å². The Bertz CT molecular complexity index is 836. The Balaban J connectivity index is 1.72. The quantitative estimate of drug-likeness (QED) is 0.749. The number of nitrogens with one attached hydrogen (secondary N) is 1. The molecule has 1 N–H and O–H groups in total. The lowest BCUT2D eigenvalue weighted by Crippen LogP contribution is -2.12. The van der Waals surface area contributed by atoms with Gasteiger partial charge in [0.1, 0.15) is 5.76 Å². The molecule has 2 aromatic carbocycles. The van der Waals surface area contributed by atoms with Crippen molar-refractivity contribution in [2.45, 2.75) is 6.92 Å². The molecule has 1 aromatic heterocycles. The first kappa shape index (κ1) is 14.7. The lowest BCUT2D eigenvalue weighted by Gasteiger charge is -2.05. The Morgan fingerprint density at radius 2 is 1.61 bits per heavy atom. The summed E-state index contributed by atoms with van der Waals surface area (Å²) in [6.45, 7) is 1.72. The minimum absolute atomic E-state index is 0.0596. The van der Waals surface area contributed by atoms with Gasteiger partial charge in [-0.2, -0.15) is 0 Å². The zero-order valence-corrected chi connectivity index (χ0v) is 12.4. The number of carbonyl (C=O) groups excluding carboxylic acids is 2. The van der Waals surface area contributed by atoms with E-state index in [9.17, 15) is 9.59 Å². The molecule has 5 heteroatoms. The largest absolute Gasteiger partial charge is 0.361 e. The van der Waals surface area contributed by atoms with Crippen LogP contribution < -0.4 is 5.32 Å². The maximum atomic E-state index is 12.3. The van der Waals surface area contributed by atoms with Crippen LogP contribution in [-0.4, -0.2) is 16.8 Å². The van der Waals surface area contributed by atoms with Crippen molar-refractivity contribution >= 4 is 17.4 Å². The number of carbonyl (C=O) groups is 2. The van der Waals surface area contributed by atoms with Gasteiger partial charge in [0.15, 0.2) is 11.5 Å². The smallest absolute Gasteiger partial charge is 0.277 e. The maximum absolute atomic E-state index is 12.3. The van der Waals surface area contributed by atoms with E-state index in [0.29, 0.717) is 22.6 Å². The number of hydrogen-bond acceptors (Lipinski definition) is 4. The molecule has 0 atom stereocenters. The second-order valence-corrected chi connectivity index (χ2v) is 5.05. The predicted octanol–water partition coefficient (Wildman–Crippen LogP) is 3.47. The SMILES string of the molecule is Cc1cc(C(=O)Nc2ccc(C(=O)c3ccccc3)cc2)no1. The van der Waals surface area contributed by atoms with Crippen molar-refractivity contribution in [3.8, 4) is 0 Å². The molecule has 0 radical (unpaired) electrons. The molecular formula is C18H14N2O3. The summed E-state index contributed by atoms with van der Waals surface area (Å²) in [6, 6.07) is 17.3. The van der Waals surface area contributed by atoms with E-state index in [2.05, 4.69) is 10.5 Å². The van der Waals surface area contributed by atoms with E-state index in [4.69, 9.17) is 4.52 Å². The summed E-state index contributed by atoms with van der Waals surface area (Å²) in [4.78, 5) is 24.3. The summed E-state index contributed by atoms with van der Waals surface area (Å²) in [5, 5.41) is 6.36. The number of aromatic nitrogens is 1. The number of nitrogens with zero attached hydrogens (tertiary/aromatic N) is 1. The number of benzene rings is 2. The summed E-state index contributed by atoms with van der Waals surface area (Å²) in [5.74, 6) is 0.151. The van der Waals surface area contributed by atoms with Crippen LogP contribution >= 0.6 is 0 Å². The molecule has 0 aliphatic carbocycles. The highest BCUT2D eigenvalue weighted by Crippen LogP contribution is 2.15. The van der Waals surface area contributed by atoms with Crippen LogP contribution in [0.1, 0.15) is 32.2 Å².